The number of rotatable bonds is 9. The van der Waals surface area contributed by atoms with Gasteiger partial charge in [0.15, 0.2) is 0 Å². The highest BCUT2D eigenvalue weighted by Crippen LogP contribution is 2.28. The molecule has 1 amide bonds. The summed E-state index contributed by atoms with van der Waals surface area (Å²) in [6.07, 6.45) is 1.91. The average molecular weight is 303 g/mol. The van der Waals surface area contributed by atoms with Crippen LogP contribution in [0.5, 0.6) is 0 Å². The summed E-state index contributed by atoms with van der Waals surface area (Å²) in [5, 5.41) is 12.1. The van der Waals surface area contributed by atoms with Crippen molar-refractivity contribution < 1.29 is 24.2 Å². The van der Waals surface area contributed by atoms with Crippen molar-refractivity contribution >= 4 is 12.1 Å². The number of hydrogen-bond acceptors (Lipinski definition) is 4. The van der Waals surface area contributed by atoms with Crippen molar-refractivity contribution in [3.8, 4) is 0 Å². The number of carboxylic acids is 1. The van der Waals surface area contributed by atoms with Gasteiger partial charge >= 0.3 is 12.1 Å². The fourth-order valence-electron chi connectivity index (χ4n) is 1.99. The number of nitrogens with one attached hydrogen (secondary N) is 1. The van der Waals surface area contributed by atoms with Crippen molar-refractivity contribution in [2.45, 2.75) is 59.0 Å². The molecule has 0 saturated heterocycles. The van der Waals surface area contributed by atoms with E-state index in [9.17, 15) is 14.7 Å². The van der Waals surface area contributed by atoms with Crippen molar-refractivity contribution in [2.24, 2.45) is 5.41 Å². The Balaban J connectivity index is 4.54. The Hall–Kier alpha value is -1.30. The molecule has 6 nitrogen and oxygen atoms in total. The van der Waals surface area contributed by atoms with Crippen molar-refractivity contribution in [3.63, 3.8) is 0 Å². The zero-order valence-corrected chi connectivity index (χ0v) is 13.8. The smallest absolute Gasteiger partial charge is 0.407 e. The molecule has 0 aromatic carbocycles. The summed E-state index contributed by atoms with van der Waals surface area (Å²) in [6, 6.07) is 0. The van der Waals surface area contributed by atoms with E-state index in [-0.39, 0.29) is 6.54 Å². The Morgan fingerprint density at radius 1 is 1.19 bits per heavy atom. The fourth-order valence-corrected chi connectivity index (χ4v) is 1.99. The van der Waals surface area contributed by atoms with Gasteiger partial charge < -0.3 is 19.9 Å². The predicted octanol–water partition coefficient (Wildman–Crippen LogP) is 2.81. The quantitative estimate of drug-likeness (QED) is 0.640. The van der Waals surface area contributed by atoms with Crippen LogP contribution in [-0.4, -0.2) is 43.0 Å². The second-order valence-electron chi connectivity index (χ2n) is 6.24. The molecule has 0 rings (SSSR count). The number of alkyl carbamates (subject to hydrolysis) is 1. The molecule has 0 heterocycles. The van der Waals surface area contributed by atoms with E-state index in [4.69, 9.17) is 9.47 Å². The molecule has 0 radical (unpaired) electrons. The monoisotopic (exact) mass is 303 g/mol. The maximum atomic E-state index is 11.7. The van der Waals surface area contributed by atoms with E-state index in [0.717, 1.165) is 12.8 Å². The summed E-state index contributed by atoms with van der Waals surface area (Å²) < 4.78 is 10.1. The number of amides is 1. The minimum absolute atomic E-state index is 0.0702. The first-order valence-corrected chi connectivity index (χ1v) is 7.36. The van der Waals surface area contributed by atoms with E-state index in [1.807, 2.05) is 6.92 Å². The van der Waals surface area contributed by atoms with Crippen LogP contribution >= 0.6 is 0 Å². The zero-order valence-electron chi connectivity index (χ0n) is 13.8. The Bertz CT molecular complexity index is 337. The molecule has 0 fully saturated rings. The number of aliphatic carboxylic acids is 1. The summed E-state index contributed by atoms with van der Waals surface area (Å²) in [5.41, 5.74) is -1.55. The molecule has 6 heteroatoms. The number of carbonyl (C=O) groups is 2. The third-order valence-corrected chi connectivity index (χ3v) is 3.35. The van der Waals surface area contributed by atoms with Crippen molar-refractivity contribution in [1.29, 1.82) is 0 Å². The van der Waals surface area contributed by atoms with Crippen LogP contribution in [0, 0.1) is 5.41 Å². The lowest BCUT2D eigenvalue weighted by atomic mass is 9.80. The predicted molar refractivity (Wildman–Crippen MR) is 80.3 cm³/mol. The van der Waals surface area contributed by atoms with Crippen LogP contribution in [0.1, 0.15) is 53.4 Å². The van der Waals surface area contributed by atoms with E-state index >= 15 is 0 Å². The molecule has 0 aliphatic carbocycles. The van der Waals surface area contributed by atoms with Crippen molar-refractivity contribution in [2.75, 3.05) is 20.3 Å². The molecular weight excluding hydrogens is 274 g/mol. The lowest BCUT2D eigenvalue weighted by molar-refractivity contribution is -0.149. The average Bonchev–Trinajstić information content (AvgIpc) is 2.36. The second kappa shape index (κ2) is 8.87. The largest absolute Gasteiger partial charge is 0.481 e. The molecule has 0 bridgehead atoms. The standard InChI is InChI=1S/C15H29NO5/c1-6-15(12(17)18,9-7-8-10-20-5)11-16-13(19)21-14(2,3)4/h6-11H2,1-5H3,(H,16,19)(H,17,18). The van der Waals surface area contributed by atoms with E-state index in [1.165, 1.54) is 0 Å². The number of carboxylic acid groups (broad SMARTS) is 1. The van der Waals surface area contributed by atoms with Gasteiger partial charge in [-0.3, -0.25) is 4.79 Å². The summed E-state index contributed by atoms with van der Waals surface area (Å²) in [4.78, 5) is 23.3. The third kappa shape index (κ3) is 7.90. The molecule has 1 unspecified atom stereocenters. The fraction of sp³-hybridized carbons (Fsp3) is 0.867. The molecule has 0 saturated carbocycles. The molecule has 0 aliphatic heterocycles. The van der Waals surface area contributed by atoms with Gasteiger partial charge in [-0.25, -0.2) is 4.79 Å². The molecule has 0 spiro atoms. The lowest BCUT2D eigenvalue weighted by Gasteiger charge is -2.29. The van der Waals surface area contributed by atoms with Crippen LogP contribution in [0.3, 0.4) is 0 Å². The second-order valence-corrected chi connectivity index (χ2v) is 6.24. The Morgan fingerprint density at radius 3 is 2.24 bits per heavy atom. The first-order chi connectivity index (χ1) is 9.67. The Labute approximate surface area is 127 Å². The van der Waals surface area contributed by atoms with Crippen LogP contribution in [0.25, 0.3) is 0 Å². The van der Waals surface area contributed by atoms with E-state index in [1.54, 1.807) is 27.9 Å². The number of unbranched alkanes of at least 4 members (excludes halogenated alkanes) is 1. The van der Waals surface area contributed by atoms with Gasteiger partial charge in [0.25, 0.3) is 0 Å². The summed E-state index contributed by atoms with van der Waals surface area (Å²) in [5.74, 6) is -0.890. The molecule has 21 heavy (non-hydrogen) atoms. The van der Waals surface area contributed by atoms with Gasteiger partial charge in [-0.2, -0.15) is 0 Å². The van der Waals surface area contributed by atoms with Crippen LogP contribution < -0.4 is 5.32 Å². The topological polar surface area (TPSA) is 84.9 Å². The van der Waals surface area contributed by atoms with Gasteiger partial charge in [0.2, 0.25) is 0 Å². The van der Waals surface area contributed by atoms with Gasteiger partial charge in [0, 0.05) is 20.3 Å². The van der Waals surface area contributed by atoms with E-state index < -0.39 is 23.1 Å². The van der Waals surface area contributed by atoms with E-state index in [0.29, 0.717) is 19.4 Å². The maximum absolute atomic E-state index is 11.7. The molecule has 2 N–H and O–H groups in total. The lowest BCUT2D eigenvalue weighted by Crippen LogP contribution is -2.44. The summed E-state index contributed by atoms with van der Waals surface area (Å²) >= 11 is 0. The van der Waals surface area contributed by atoms with Crippen molar-refractivity contribution in [1.82, 2.24) is 5.32 Å². The highest BCUT2D eigenvalue weighted by Gasteiger charge is 2.36. The first-order valence-electron chi connectivity index (χ1n) is 7.36. The van der Waals surface area contributed by atoms with Gasteiger partial charge in [0.1, 0.15) is 5.60 Å². The summed E-state index contributed by atoms with van der Waals surface area (Å²) in [7, 11) is 1.62. The number of methoxy groups -OCH3 is 1. The number of carbonyl (C=O) groups excluding carboxylic acids is 1. The molecule has 124 valence electrons. The van der Waals surface area contributed by atoms with E-state index in [2.05, 4.69) is 5.32 Å². The van der Waals surface area contributed by atoms with Gasteiger partial charge in [-0.15, -0.1) is 0 Å². The molecular formula is C15H29NO5. The first kappa shape index (κ1) is 19.7. The Morgan fingerprint density at radius 2 is 1.81 bits per heavy atom. The SMILES string of the molecule is CCC(CCCCOC)(CNC(=O)OC(C)(C)C)C(=O)O. The van der Waals surface area contributed by atoms with Crippen LogP contribution in [0.4, 0.5) is 4.79 Å². The van der Waals surface area contributed by atoms with Crippen LogP contribution in [0.2, 0.25) is 0 Å². The normalized spacial score (nSPS) is 14.3. The zero-order chi connectivity index (χ0) is 16.5. The molecule has 0 aliphatic rings. The molecule has 1 atom stereocenters. The highest BCUT2D eigenvalue weighted by molar-refractivity contribution is 5.76. The van der Waals surface area contributed by atoms with Crippen LogP contribution in [0.15, 0.2) is 0 Å². The highest BCUT2D eigenvalue weighted by atomic mass is 16.6. The van der Waals surface area contributed by atoms with Gasteiger partial charge in [-0.1, -0.05) is 6.92 Å². The van der Waals surface area contributed by atoms with Crippen LogP contribution in [-0.2, 0) is 14.3 Å². The van der Waals surface area contributed by atoms with Gasteiger partial charge in [0.05, 0.1) is 5.41 Å². The Kier molecular flexibility index (Phi) is 8.32. The number of ether oxygens (including phenoxy) is 2. The number of hydrogen-bond donors (Lipinski definition) is 2. The third-order valence-electron chi connectivity index (χ3n) is 3.35. The van der Waals surface area contributed by atoms with Gasteiger partial charge in [-0.05, 0) is 46.5 Å². The maximum Gasteiger partial charge on any atom is 0.407 e. The summed E-state index contributed by atoms with van der Waals surface area (Å²) in [6.45, 7) is 7.80. The van der Waals surface area contributed by atoms with Crippen molar-refractivity contribution in [3.05, 3.63) is 0 Å². The minimum atomic E-state index is -0.954. The molecule has 0 aromatic heterocycles. The molecule has 0 aromatic rings. The minimum Gasteiger partial charge on any atom is -0.481 e.